The number of amides is 1. The van der Waals surface area contributed by atoms with Crippen molar-refractivity contribution in [3.05, 3.63) is 64.2 Å². The molecule has 0 spiro atoms. The Kier molecular flexibility index (Phi) is 6.36. The number of likely N-dealkylation sites (tertiary alicyclic amines) is 1. The molecular weight excluding hydrogens is 408 g/mol. The lowest BCUT2D eigenvalue weighted by atomic mass is 10.0. The summed E-state index contributed by atoms with van der Waals surface area (Å²) in [6, 6.07) is 12.3. The first kappa shape index (κ1) is 21.8. The van der Waals surface area contributed by atoms with Gasteiger partial charge in [-0.05, 0) is 57.4 Å². The normalized spacial score (nSPS) is 17.3. The van der Waals surface area contributed by atoms with Gasteiger partial charge in [0.25, 0.3) is 5.91 Å². The minimum absolute atomic E-state index is 0.0298. The number of aryl methyl sites for hydroxylation is 1. The molecule has 1 heterocycles. The Morgan fingerprint density at radius 2 is 1.83 bits per heavy atom. The van der Waals surface area contributed by atoms with Gasteiger partial charge in [0.05, 0.1) is 21.5 Å². The average Bonchev–Trinajstić information content (AvgIpc) is 3.17. The van der Waals surface area contributed by atoms with Crippen LogP contribution in [0.4, 0.5) is 0 Å². The highest BCUT2D eigenvalue weighted by Crippen LogP contribution is 2.35. The van der Waals surface area contributed by atoms with Gasteiger partial charge in [-0.2, -0.15) is 4.31 Å². The van der Waals surface area contributed by atoms with E-state index < -0.39 is 10.0 Å². The van der Waals surface area contributed by atoms with Gasteiger partial charge in [-0.25, -0.2) is 8.42 Å². The van der Waals surface area contributed by atoms with Gasteiger partial charge >= 0.3 is 0 Å². The van der Waals surface area contributed by atoms with Gasteiger partial charge in [0.1, 0.15) is 0 Å². The predicted molar refractivity (Wildman–Crippen MR) is 116 cm³/mol. The van der Waals surface area contributed by atoms with E-state index in [2.05, 4.69) is 0 Å². The van der Waals surface area contributed by atoms with E-state index in [1.165, 1.54) is 35.1 Å². The maximum Gasteiger partial charge on any atom is 0.255 e. The average molecular weight is 435 g/mol. The molecule has 29 heavy (non-hydrogen) atoms. The van der Waals surface area contributed by atoms with Crippen molar-refractivity contribution in [3.8, 4) is 0 Å². The van der Waals surface area contributed by atoms with Crippen LogP contribution >= 0.6 is 11.6 Å². The highest BCUT2D eigenvalue weighted by atomic mass is 35.5. The summed E-state index contributed by atoms with van der Waals surface area (Å²) < 4.78 is 27.0. The molecule has 1 fully saturated rings. The van der Waals surface area contributed by atoms with Crippen molar-refractivity contribution < 1.29 is 13.2 Å². The van der Waals surface area contributed by atoms with E-state index in [0.29, 0.717) is 6.54 Å². The van der Waals surface area contributed by atoms with Crippen molar-refractivity contribution in [1.29, 1.82) is 0 Å². The predicted octanol–water partition coefficient (Wildman–Crippen LogP) is 4.65. The van der Waals surface area contributed by atoms with Gasteiger partial charge in [0.2, 0.25) is 10.0 Å². The van der Waals surface area contributed by atoms with E-state index in [1.807, 2.05) is 31.2 Å². The Bertz CT molecular complexity index is 1000. The Morgan fingerprint density at radius 3 is 2.45 bits per heavy atom. The maximum atomic E-state index is 13.3. The van der Waals surface area contributed by atoms with Gasteiger partial charge in [-0.3, -0.25) is 4.79 Å². The van der Waals surface area contributed by atoms with E-state index in [-0.39, 0.29) is 33.5 Å². The fourth-order valence-corrected chi connectivity index (χ4v) is 5.16. The third-order valence-electron chi connectivity index (χ3n) is 5.55. The first-order chi connectivity index (χ1) is 13.6. The first-order valence-corrected chi connectivity index (χ1v) is 11.6. The summed E-state index contributed by atoms with van der Waals surface area (Å²) in [6.07, 6.45) is 1.77. The summed E-state index contributed by atoms with van der Waals surface area (Å²) in [5.74, 6) is -0.234. The first-order valence-electron chi connectivity index (χ1n) is 9.78. The molecule has 0 radical (unpaired) electrons. The fourth-order valence-electron chi connectivity index (χ4n) is 3.57. The lowest BCUT2D eigenvalue weighted by Crippen LogP contribution is -2.34. The van der Waals surface area contributed by atoms with Crippen molar-refractivity contribution >= 4 is 27.5 Å². The summed E-state index contributed by atoms with van der Waals surface area (Å²) in [4.78, 5) is 15.2. The van der Waals surface area contributed by atoms with Crippen molar-refractivity contribution in [2.45, 2.75) is 50.6 Å². The Hall–Kier alpha value is -1.89. The minimum Gasteiger partial charge on any atom is -0.332 e. The third kappa shape index (κ3) is 4.34. The zero-order chi connectivity index (χ0) is 21.3. The molecule has 1 aliphatic heterocycles. The van der Waals surface area contributed by atoms with Crippen LogP contribution in [0.3, 0.4) is 0 Å². The molecule has 0 aromatic heterocycles. The molecule has 3 rings (SSSR count). The molecule has 1 atom stereocenters. The van der Waals surface area contributed by atoms with Crippen molar-refractivity contribution in [2.75, 3.05) is 13.6 Å². The van der Waals surface area contributed by atoms with Crippen LogP contribution in [-0.4, -0.2) is 43.2 Å². The molecule has 1 amide bonds. The topological polar surface area (TPSA) is 57.7 Å². The molecule has 0 bridgehead atoms. The zero-order valence-corrected chi connectivity index (χ0v) is 18.8. The Balaban J connectivity index is 1.95. The van der Waals surface area contributed by atoms with E-state index >= 15 is 0 Å². The molecule has 0 N–H and O–H groups in total. The van der Waals surface area contributed by atoms with Crippen LogP contribution < -0.4 is 0 Å². The van der Waals surface area contributed by atoms with Gasteiger partial charge < -0.3 is 4.90 Å². The highest BCUT2D eigenvalue weighted by Gasteiger charge is 2.32. The molecule has 2 aromatic rings. The second-order valence-corrected chi connectivity index (χ2v) is 10.2. The van der Waals surface area contributed by atoms with Gasteiger partial charge in [-0.15, -0.1) is 0 Å². The van der Waals surface area contributed by atoms with E-state index in [9.17, 15) is 13.2 Å². The van der Waals surface area contributed by atoms with E-state index in [1.54, 1.807) is 18.7 Å². The molecule has 1 saturated heterocycles. The molecule has 156 valence electrons. The largest absolute Gasteiger partial charge is 0.332 e. The van der Waals surface area contributed by atoms with Crippen LogP contribution in [0.2, 0.25) is 5.02 Å². The Morgan fingerprint density at radius 1 is 1.17 bits per heavy atom. The standard InChI is InChI=1S/C22H27ClN2O3S/c1-15(2)24(4)29(27,28)18-11-12-20(23)19(14-18)22(26)25-13-5-6-21(25)17-9-7-16(3)8-10-17/h7-12,14-15,21H,5-6,13H2,1-4H3. The number of sulfonamides is 1. The van der Waals surface area contributed by atoms with Crippen LogP contribution in [0.1, 0.15) is 54.2 Å². The molecular formula is C22H27ClN2O3S. The van der Waals surface area contributed by atoms with Gasteiger partial charge in [0.15, 0.2) is 0 Å². The summed E-state index contributed by atoms with van der Waals surface area (Å²) in [6.45, 7) is 6.25. The number of hydrogen-bond acceptors (Lipinski definition) is 3. The lowest BCUT2D eigenvalue weighted by Gasteiger charge is -2.26. The van der Waals surface area contributed by atoms with Crippen molar-refractivity contribution in [3.63, 3.8) is 0 Å². The highest BCUT2D eigenvalue weighted by molar-refractivity contribution is 7.89. The van der Waals surface area contributed by atoms with E-state index in [4.69, 9.17) is 11.6 Å². The number of carbonyl (C=O) groups excluding carboxylic acids is 1. The van der Waals surface area contributed by atoms with E-state index in [0.717, 1.165) is 18.4 Å². The SMILES string of the molecule is Cc1ccc(C2CCCN2C(=O)c2cc(S(=O)(=O)N(C)C(C)C)ccc2Cl)cc1. The molecule has 7 heteroatoms. The number of rotatable bonds is 5. The van der Waals surface area contributed by atoms with Crippen LogP contribution in [0, 0.1) is 6.92 Å². The monoisotopic (exact) mass is 434 g/mol. The zero-order valence-electron chi connectivity index (χ0n) is 17.2. The number of carbonyl (C=O) groups is 1. The van der Waals surface area contributed by atoms with Gasteiger partial charge in [-0.1, -0.05) is 41.4 Å². The molecule has 5 nitrogen and oxygen atoms in total. The second-order valence-electron chi connectivity index (χ2n) is 7.82. The minimum atomic E-state index is -3.70. The molecule has 0 saturated carbocycles. The molecule has 1 aliphatic rings. The summed E-state index contributed by atoms with van der Waals surface area (Å²) >= 11 is 6.32. The number of nitrogens with zero attached hydrogens (tertiary/aromatic N) is 2. The quantitative estimate of drug-likeness (QED) is 0.687. The van der Waals surface area contributed by atoms with Gasteiger partial charge in [0, 0.05) is 19.6 Å². The number of hydrogen-bond donors (Lipinski definition) is 0. The Labute approximate surface area is 178 Å². The molecule has 0 aliphatic carbocycles. The van der Waals surface area contributed by atoms with Crippen LogP contribution in [-0.2, 0) is 10.0 Å². The lowest BCUT2D eigenvalue weighted by molar-refractivity contribution is 0.0735. The molecule has 1 unspecified atom stereocenters. The third-order valence-corrected chi connectivity index (χ3v) is 7.91. The summed E-state index contributed by atoms with van der Waals surface area (Å²) in [5.41, 5.74) is 2.48. The molecule has 2 aromatic carbocycles. The van der Waals surface area contributed by atoms with Crippen LogP contribution in [0.15, 0.2) is 47.4 Å². The fraction of sp³-hybridized carbons (Fsp3) is 0.409. The van der Waals surface area contributed by atoms with Crippen LogP contribution in [0.25, 0.3) is 0 Å². The van der Waals surface area contributed by atoms with Crippen molar-refractivity contribution in [1.82, 2.24) is 9.21 Å². The van der Waals surface area contributed by atoms with Crippen LogP contribution in [0.5, 0.6) is 0 Å². The summed E-state index contributed by atoms with van der Waals surface area (Å²) in [7, 11) is -2.17. The second kappa shape index (κ2) is 8.46. The summed E-state index contributed by atoms with van der Waals surface area (Å²) in [5, 5.41) is 0.260. The smallest absolute Gasteiger partial charge is 0.255 e. The number of halogens is 1. The van der Waals surface area contributed by atoms with Crippen molar-refractivity contribution in [2.24, 2.45) is 0 Å². The number of benzene rings is 2. The maximum absolute atomic E-state index is 13.3.